The molecule has 2 N–H and O–H groups in total. The minimum absolute atomic E-state index is 0.188. The predicted molar refractivity (Wildman–Crippen MR) is 76.4 cm³/mol. The van der Waals surface area contributed by atoms with Crippen LogP contribution in [0.3, 0.4) is 0 Å². The molecule has 20 heavy (non-hydrogen) atoms. The van der Waals surface area contributed by atoms with Crippen LogP contribution in [0.25, 0.3) is 6.08 Å². The third kappa shape index (κ3) is 2.80. The van der Waals surface area contributed by atoms with Crippen molar-refractivity contribution in [3.63, 3.8) is 0 Å². The number of carbonyl (C=O) groups excluding carboxylic acids is 1. The van der Waals surface area contributed by atoms with Gasteiger partial charge in [0.2, 0.25) is 5.91 Å². The van der Waals surface area contributed by atoms with Crippen LogP contribution >= 0.6 is 0 Å². The molecule has 0 spiro atoms. The molecule has 2 rings (SSSR count). The molecule has 1 aromatic carbocycles. The van der Waals surface area contributed by atoms with E-state index in [4.69, 9.17) is 5.73 Å². The van der Waals surface area contributed by atoms with Gasteiger partial charge in [0.25, 0.3) is 10.0 Å². The first kappa shape index (κ1) is 14.1. The van der Waals surface area contributed by atoms with E-state index >= 15 is 0 Å². The van der Waals surface area contributed by atoms with E-state index in [0.29, 0.717) is 5.69 Å². The molecular formula is C14H14N2O3S. The second-order valence-corrected chi connectivity index (χ2v) is 6.10. The Morgan fingerprint density at radius 2 is 1.85 bits per heavy atom. The summed E-state index contributed by atoms with van der Waals surface area (Å²) in [6.07, 6.45) is 3.92. The van der Waals surface area contributed by atoms with E-state index in [1.54, 1.807) is 36.4 Å². The highest BCUT2D eigenvalue weighted by Gasteiger charge is 2.17. The number of hydrogen-bond donors (Lipinski definition) is 1. The highest BCUT2D eigenvalue weighted by Crippen LogP contribution is 2.18. The van der Waals surface area contributed by atoms with Crippen molar-refractivity contribution < 1.29 is 13.2 Å². The Labute approximate surface area is 117 Å². The first-order chi connectivity index (χ1) is 9.41. The van der Waals surface area contributed by atoms with Crippen LogP contribution in [-0.4, -0.2) is 18.3 Å². The summed E-state index contributed by atoms with van der Waals surface area (Å²) in [7, 11) is -3.68. The van der Waals surface area contributed by atoms with Crippen LogP contribution in [0.15, 0.2) is 53.6 Å². The average molecular weight is 290 g/mol. The number of nitrogens with two attached hydrogens (primary N) is 1. The minimum atomic E-state index is -3.68. The molecule has 2 aromatic rings. The first-order valence-electron chi connectivity index (χ1n) is 5.88. The second kappa shape index (κ2) is 5.34. The molecule has 0 aliphatic carbocycles. The van der Waals surface area contributed by atoms with Crippen LogP contribution in [0.4, 0.5) is 0 Å². The van der Waals surface area contributed by atoms with E-state index in [-0.39, 0.29) is 4.90 Å². The molecule has 6 heteroatoms. The van der Waals surface area contributed by atoms with Gasteiger partial charge in [-0.15, -0.1) is 0 Å². The summed E-state index contributed by atoms with van der Waals surface area (Å²) in [6.45, 7) is 1.88. The maximum Gasteiger partial charge on any atom is 0.268 e. The molecule has 0 unspecified atom stereocenters. The van der Waals surface area contributed by atoms with Crippen LogP contribution < -0.4 is 5.73 Å². The van der Waals surface area contributed by atoms with Crippen molar-refractivity contribution >= 4 is 22.0 Å². The van der Waals surface area contributed by atoms with Gasteiger partial charge in [0.1, 0.15) is 0 Å². The number of carbonyl (C=O) groups is 1. The smallest absolute Gasteiger partial charge is 0.268 e. The lowest BCUT2D eigenvalue weighted by molar-refractivity contribution is -0.113. The first-order valence-corrected chi connectivity index (χ1v) is 7.32. The lowest BCUT2D eigenvalue weighted by Gasteiger charge is -2.08. The van der Waals surface area contributed by atoms with Gasteiger partial charge in [-0.2, -0.15) is 0 Å². The van der Waals surface area contributed by atoms with Crippen molar-refractivity contribution in [2.75, 3.05) is 0 Å². The number of benzene rings is 1. The topological polar surface area (TPSA) is 82.2 Å². The number of nitrogens with zero attached hydrogens (tertiary/aromatic N) is 1. The third-order valence-electron chi connectivity index (χ3n) is 2.74. The zero-order valence-corrected chi connectivity index (χ0v) is 11.7. The fraction of sp³-hybridized carbons (Fsp3) is 0.0714. The summed E-state index contributed by atoms with van der Waals surface area (Å²) in [5, 5.41) is 0. The number of aromatic nitrogens is 1. The van der Waals surface area contributed by atoms with Gasteiger partial charge in [-0.1, -0.05) is 17.7 Å². The monoisotopic (exact) mass is 290 g/mol. The molecule has 0 atom stereocenters. The minimum Gasteiger partial charge on any atom is -0.366 e. The lowest BCUT2D eigenvalue weighted by atomic mass is 10.2. The fourth-order valence-electron chi connectivity index (χ4n) is 1.72. The highest BCUT2D eigenvalue weighted by atomic mass is 32.2. The van der Waals surface area contributed by atoms with Gasteiger partial charge in [-0.3, -0.25) is 4.79 Å². The number of amides is 1. The maximum atomic E-state index is 12.5. The van der Waals surface area contributed by atoms with Crippen LogP contribution in [0.2, 0.25) is 0 Å². The Morgan fingerprint density at radius 1 is 1.20 bits per heavy atom. The molecule has 1 heterocycles. The zero-order chi connectivity index (χ0) is 14.8. The number of primary amides is 1. The summed E-state index contributed by atoms with van der Waals surface area (Å²) < 4.78 is 26.1. The van der Waals surface area contributed by atoms with Gasteiger partial charge < -0.3 is 5.73 Å². The van der Waals surface area contributed by atoms with Crippen molar-refractivity contribution in [2.45, 2.75) is 11.8 Å². The number of rotatable bonds is 4. The molecule has 0 aliphatic rings. The summed E-state index contributed by atoms with van der Waals surface area (Å²) in [5.74, 6) is -0.634. The third-order valence-corrected chi connectivity index (χ3v) is 4.46. The molecule has 0 fully saturated rings. The van der Waals surface area contributed by atoms with E-state index < -0.39 is 15.9 Å². The zero-order valence-electron chi connectivity index (χ0n) is 10.9. The Balaban J connectivity index is 2.48. The summed E-state index contributed by atoms with van der Waals surface area (Å²) in [5.41, 5.74) is 6.35. The molecule has 1 aromatic heterocycles. The van der Waals surface area contributed by atoms with E-state index in [1.165, 1.54) is 12.3 Å². The van der Waals surface area contributed by atoms with Crippen LogP contribution in [0, 0.1) is 6.92 Å². The van der Waals surface area contributed by atoms with Crippen molar-refractivity contribution in [3.8, 4) is 0 Å². The summed E-state index contributed by atoms with van der Waals surface area (Å²) >= 11 is 0. The molecule has 0 bridgehead atoms. The van der Waals surface area contributed by atoms with Gasteiger partial charge in [-0.25, -0.2) is 12.4 Å². The quantitative estimate of drug-likeness (QED) is 0.867. The molecular weight excluding hydrogens is 276 g/mol. The van der Waals surface area contributed by atoms with E-state index in [2.05, 4.69) is 0 Å². The van der Waals surface area contributed by atoms with E-state index in [1.807, 2.05) is 6.92 Å². The Bertz CT molecular complexity index is 756. The molecule has 0 saturated heterocycles. The van der Waals surface area contributed by atoms with E-state index in [9.17, 15) is 13.2 Å². The Morgan fingerprint density at radius 3 is 2.45 bits per heavy atom. The average Bonchev–Trinajstić information content (AvgIpc) is 2.86. The summed E-state index contributed by atoms with van der Waals surface area (Å²) in [6, 6.07) is 9.74. The van der Waals surface area contributed by atoms with E-state index in [0.717, 1.165) is 15.6 Å². The number of hydrogen-bond acceptors (Lipinski definition) is 3. The molecule has 5 nitrogen and oxygen atoms in total. The SMILES string of the molecule is Cc1ccc(S(=O)(=O)n2cccc2/C=C/C(N)=O)cc1. The Hall–Kier alpha value is -2.34. The highest BCUT2D eigenvalue weighted by molar-refractivity contribution is 7.90. The molecule has 104 valence electrons. The Kier molecular flexibility index (Phi) is 3.76. The van der Waals surface area contributed by atoms with Gasteiger partial charge in [0.05, 0.1) is 10.6 Å². The lowest BCUT2D eigenvalue weighted by Crippen LogP contribution is -2.13. The molecule has 0 saturated carbocycles. The maximum absolute atomic E-state index is 12.5. The van der Waals surface area contributed by atoms with Crippen molar-refractivity contribution in [1.82, 2.24) is 3.97 Å². The fourth-order valence-corrected chi connectivity index (χ4v) is 3.06. The van der Waals surface area contributed by atoms with Crippen molar-refractivity contribution in [2.24, 2.45) is 5.73 Å². The second-order valence-electron chi connectivity index (χ2n) is 4.28. The van der Waals surface area contributed by atoms with Gasteiger partial charge in [-0.05, 0) is 37.3 Å². The van der Waals surface area contributed by atoms with Crippen LogP contribution in [0.1, 0.15) is 11.3 Å². The largest absolute Gasteiger partial charge is 0.366 e. The summed E-state index contributed by atoms with van der Waals surface area (Å²) in [4.78, 5) is 10.9. The van der Waals surface area contributed by atoms with Crippen LogP contribution in [0.5, 0.6) is 0 Å². The normalized spacial score (nSPS) is 11.8. The van der Waals surface area contributed by atoms with Crippen LogP contribution in [-0.2, 0) is 14.8 Å². The van der Waals surface area contributed by atoms with Crippen molar-refractivity contribution in [3.05, 3.63) is 59.9 Å². The standard InChI is InChI=1S/C14H14N2O3S/c1-11-4-7-13(8-5-11)20(18,19)16-10-2-3-12(16)6-9-14(15)17/h2-10H,1H3,(H2,15,17)/b9-6+. The molecule has 0 radical (unpaired) electrons. The number of aryl methyl sites for hydroxylation is 1. The predicted octanol–water partition coefficient (Wildman–Crippen LogP) is 1.53. The molecule has 1 amide bonds. The van der Waals surface area contributed by atoms with Gasteiger partial charge in [0.15, 0.2) is 0 Å². The van der Waals surface area contributed by atoms with Gasteiger partial charge in [0, 0.05) is 12.3 Å². The van der Waals surface area contributed by atoms with Crippen molar-refractivity contribution in [1.29, 1.82) is 0 Å². The molecule has 0 aliphatic heterocycles. The van der Waals surface area contributed by atoms with Gasteiger partial charge >= 0.3 is 0 Å².